The molecule has 2 fully saturated rings. The van der Waals surface area contributed by atoms with Crippen molar-refractivity contribution in [2.45, 2.75) is 51.2 Å². The first-order valence-electron chi connectivity index (χ1n) is 9.85. The molecule has 1 aromatic rings. The highest BCUT2D eigenvalue weighted by molar-refractivity contribution is 5.33. The van der Waals surface area contributed by atoms with Crippen LogP contribution in [0.15, 0.2) is 12.3 Å². The lowest BCUT2D eigenvalue weighted by Gasteiger charge is -2.48. The summed E-state index contributed by atoms with van der Waals surface area (Å²) in [6.07, 6.45) is 4.98. The Balaban J connectivity index is 1.64. The van der Waals surface area contributed by atoms with Gasteiger partial charge in [-0.05, 0) is 46.2 Å². The van der Waals surface area contributed by atoms with Crippen molar-refractivity contribution in [2.75, 3.05) is 51.3 Å². The molecule has 0 unspecified atom stereocenters. The Hall–Kier alpha value is -1.44. The number of hydrogen-bond acceptors (Lipinski definition) is 7. The van der Waals surface area contributed by atoms with Gasteiger partial charge in [0.25, 0.3) is 0 Å². The zero-order valence-electron chi connectivity index (χ0n) is 16.3. The van der Waals surface area contributed by atoms with Crippen LogP contribution in [0.25, 0.3) is 0 Å². The fourth-order valence-corrected chi connectivity index (χ4v) is 4.27. The number of anilines is 1. The second-order valence-corrected chi connectivity index (χ2v) is 7.61. The molecule has 0 bridgehead atoms. The zero-order valence-corrected chi connectivity index (χ0v) is 16.3. The molecule has 3 rings (SSSR count). The number of hydrogen-bond donors (Lipinski definition) is 1. The third-order valence-electron chi connectivity index (χ3n) is 5.80. The van der Waals surface area contributed by atoms with Crippen LogP contribution in [0, 0.1) is 0 Å². The van der Waals surface area contributed by atoms with E-state index in [9.17, 15) is 5.11 Å². The van der Waals surface area contributed by atoms with Crippen LogP contribution < -0.4 is 9.64 Å². The third kappa shape index (κ3) is 4.45. The largest absolute Gasteiger partial charge is 0.481 e. The van der Waals surface area contributed by atoms with E-state index in [0.29, 0.717) is 24.0 Å². The van der Waals surface area contributed by atoms with E-state index in [4.69, 9.17) is 4.74 Å². The molecule has 0 aliphatic carbocycles. The molecule has 0 spiro atoms. The van der Waals surface area contributed by atoms with E-state index in [1.807, 2.05) is 0 Å². The van der Waals surface area contributed by atoms with Crippen molar-refractivity contribution >= 4 is 5.95 Å². The van der Waals surface area contributed by atoms with Gasteiger partial charge in [-0.25, -0.2) is 4.98 Å². The molecular formula is C19H33N5O2. The standard InChI is InChI=1S/C19H33N5O2/c1-15(2)22-9-5-16(6-10-22)24-12-11-23(14-17(24)7-13-25)19-20-8-4-18(21-19)26-3/h4,8,15-17,25H,5-7,9-14H2,1-3H3/t17-/m0/s1. The van der Waals surface area contributed by atoms with Crippen LogP contribution in [0.2, 0.25) is 0 Å². The van der Waals surface area contributed by atoms with Gasteiger partial charge in [-0.2, -0.15) is 4.98 Å². The molecule has 2 aliphatic heterocycles. The van der Waals surface area contributed by atoms with Crippen molar-refractivity contribution < 1.29 is 9.84 Å². The number of nitrogens with zero attached hydrogens (tertiary/aromatic N) is 5. The van der Waals surface area contributed by atoms with E-state index in [0.717, 1.165) is 32.0 Å². The Labute approximate surface area is 157 Å². The Kier molecular flexibility index (Phi) is 6.67. The lowest BCUT2D eigenvalue weighted by atomic mass is 9.97. The van der Waals surface area contributed by atoms with Crippen molar-refractivity contribution in [2.24, 2.45) is 0 Å². The van der Waals surface area contributed by atoms with Gasteiger partial charge >= 0.3 is 0 Å². The van der Waals surface area contributed by atoms with Crippen molar-refractivity contribution in [3.05, 3.63) is 12.3 Å². The second-order valence-electron chi connectivity index (χ2n) is 7.61. The van der Waals surface area contributed by atoms with E-state index in [2.05, 4.69) is 38.5 Å². The van der Waals surface area contributed by atoms with E-state index in [1.54, 1.807) is 19.4 Å². The van der Waals surface area contributed by atoms with Crippen LogP contribution in [-0.2, 0) is 0 Å². The summed E-state index contributed by atoms with van der Waals surface area (Å²) >= 11 is 0. The van der Waals surface area contributed by atoms with Gasteiger partial charge in [-0.1, -0.05) is 0 Å². The lowest BCUT2D eigenvalue weighted by molar-refractivity contribution is 0.0461. The van der Waals surface area contributed by atoms with Gasteiger partial charge in [0.1, 0.15) is 0 Å². The molecule has 1 N–H and O–H groups in total. The van der Waals surface area contributed by atoms with Crippen molar-refractivity contribution in [1.29, 1.82) is 0 Å². The fourth-order valence-electron chi connectivity index (χ4n) is 4.27. The molecule has 2 aliphatic rings. The number of piperazine rings is 1. The highest BCUT2D eigenvalue weighted by atomic mass is 16.5. The molecule has 1 aromatic heterocycles. The average molecular weight is 364 g/mol. The van der Waals surface area contributed by atoms with Crippen molar-refractivity contribution in [3.63, 3.8) is 0 Å². The Morgan fingerprint density at radius 3 is 2.65 bits per heavy atom. The molecule has 146 valence electrons. The predicted octanol–water partition coefficient (Wildman–Crippen LogP) is 1.23. The van der Waals surface area contributed by atoms with Gasteiger partial charge in [0.2, 0.25) is 11.8 Å². The number of rotatable bonds is 6. The minimum atomic E-state index is 0.221. The lowest BCUT2D eigenvalue weighted by Crippen LogP contribution is -2.59. The molecule has 7 heteroatoms. The molecule has 0 aromatic carbocycles. The molecule has 1 atom stereocenters. The molecule has 7 nitrogen and oxygen atoms in total. The number of ether oxygens (including phenoxy) is 1. The van der Waals surface area contributed by atoms with Crippen molar-refractivity contribution in [3.8, 4) is 5.88 Å². The molecule has 26 heavy (non-hydrogen) atoms. The summed E-state index contributed by atoms with van der Waals surface area (Å²) in [6.45, 7) is 9.90. The maximum Gasteiger partial charge on any atom is 0.228 e. The first-order chi connectivity index (χ1) is 12.6. The third-order valence-corrected chi connectivity index (χ3v) is 5.80. The number of likely N-dealkylation sites (tertiary alicyclic amines) is 1. The van der Waals surface area contributed by atoms with E-state index >= 15 is 0 Å². The zero-order chi connectivity index (χ0) is 18.5. The van der Waals surface area contributed by atoms with Crippen LogP contribution in [0.5, 0.6) is 5.88 Å². The minimum absolute atomic E-state index is 0.221. The quantitative estimate of drug-likeness (QED) is 0.815. The Bertz CT molecular complexity index is 563. The minimum Gasteiger partial charge on any atom is -0.481 e. The second kappa shape index (κ2) is 8.97. The van der Waals surface area contributed by atoms with E-state index < -0.39 is 0 Å². The summed E-state index contributed by atoms with van der Waals surface area (Å²) in [5.74, 6) is 1.32. The van der Waals surface area contributed by atoms with Gasteiger partial charge in [-0.3, -0.25) is 4.90 Å². The molecule has 3 heterocycles. The summed E-state index contributed by atoms with van der Waals surface area (Å²) in [6, 6.07) is 3.37. The SMILES string of the molecule is COc1ccnc(N2CCN(C3CCN(C(C)C)CC3)[C@@H](CCO)C2)n1. The van der Waals surface area contributed by atoms with E-state index in [-0.39, 0.29) is 6.61 Å². The monoisotopic (exact) mass is 363 g/mol. The number of aliphatic hydroxyl groups excluding tert-OH is 1. The highest BCUT2D eigenvalue weighted by Crippen LogP contribution is 2.26. The van der Waals surface area contributed by atoms with Crippen LogP contribution in [0.3, 0.4) is 0 Å². The van der Waals surface area contributed by atoms with Crippen LogP contribution in [0.1, 0.15) is 33.1 Å². The Morgan fingerprint density at radius 2 is 2.00 bits per heavy atom. The summed E-state index contributed by atoms with van der Waals surface area (Å²) in [5, 5.41) is 9.58. The fraction of sp³-hybridized carbons (Fsp3) is 0.789. The summed E-state index contributed by atoms with van der Waals surface area (Å²) in [7, 11) is 1.63. The number of methoxy groups -OCH3 is 1. The van der Waals surface area contributed by atoms with Gasteiger partial charge < -0.3 is 19.6 Å². The normalized spacial score (nSPS) is 23.6. The molecular weight excluding hydrogens is 330 g/mol. The predicted molar refractivity (Wildman–Crippen MR) is 103 cm³/mol. The number of piperidine rings is 1. The average Bonchev–Trinajstić information content (AvgIpc) is 2.68. The summed E-state index contributed by atoms with van der Waals surface area (Å²) in [5.41, 5.74) is 0. The smallest absolute Gasteiger partial charge is 0.228 e. The van der Waals surface area contributed by atoms with Crippen LogP contribution in [-0.4, -0.2) is 89.4 Å². The van der Waals surface area contributed by atoms with Gasteiger partial charge in [-0.15, -0.1) is 0 Å². The maximum absolute atomic E-state index is 9.58. The Morgan fingerprint density at radius 1 is 1.23 bits per heavy atom. The molecule has 2 saturated heterocycles. The molecule has 0 radical (unpaired) electrons. The molecule has 0 saturated carbocycles. The van der Waals surface area contributed by atoms with Gasteiger partial charge in [0.15, 0.2) is 0 Å². The first kappa shape index (κ1) is 19.3. The molecule has 0 amide bonds. The number of aromatic nitrogens is 2. The summed E-state index contributed by atoms with van der Waals surface area (Å²) < 4.78 is 5.23. The van der Waals surface area contributed by atoms with Crippen molar-refractivity contribution in [1.82, 2.24) is 19.8 Å². The first-order valence-corrected chi connectivity index (χ1v) is 9.85. The van der Waals surface area contributed by atoms with Gasteiger partial charge in [0, 0.05) is 56.6 Å². The number of aliphatic hydroxyl groups is 1. The highest BCUT2D eigenvalue weighted by Gasteiger charge is 2.34. The van der Waals surface area contributed by atoms with Crippen LogP contribution in [0.4, 0.5) is 5.95 Å². The topological polar surface area (TPSA) is 65.0 Å². The maximum atomic E-state index is 9.58. The van der Waals surface area contributed by atoms with E-state index in [1.165, 1.54) is 25.9 Å². The van der Waals surface area contributed by atoms with Gasteiger partial charge in [0.05, 0.1) is 7.11 Å². The van der Waals surface area contributed by atoms with Crippen LogP contribution >= 0.6 is 0 Å². The summed E-state index contributed by atoms with van der Waals surface area (Å²) in [4.78, 5) is 16.3.